The van der Waals surface area contributed by atoms with Crippen LogP contribution in [0.4, 0.5) is 0 Å². The summed E-state index contributed by atoms with van der Waals surface area (Å²) >= 11 is 0. The summed E-state index contributed by atoms with van der Waals surface area (Å²) in [4.78, 5) is 12.2. The van der Waals surface area contributed by atoms with Gasteiger partial charge >= 0.3 is 0 Å². The fourth-order valence-electron chi connectivity index (χ4n) is 3.16. The number of ether oxygens (including phenoxy) is 2. The van der Waals surface area contributed by atoms with E-state index >= 15 is 0 Å². The van der Waals surface area contributed by atoms with E-state index < -0.39 is 0 Å². The second-order valence-electron chi connectivity index (χ2n) is 6.11. The van der Waals surface area contributed by atoms with Gasteiger partial charge in [0.15, 0.2) is 11.5 Å². The van der Waals surface area contributed by atoms with Crippen LogP contribution in [0.25, 0.3) is 0 Å². The molecule has 2 rings (SSSR count). The van der Waals surface area contributed by atoms with E-state index in [4.69, 9.17) is 9.47 Å². The zero-order chi connectivity index (χ0) is 15.9. The first-order valence-electron chi connectivity index (χ1n) is 8.15. The van der Waals surface area contributed by atoms with Gasteiger partial charge in [-0.2, -0.15) is 0 Å². The first-order valence-corrected chi connectivity index (χ1v) is 8.15. The van der Waals surface area contributed by atoms with E-state index in [1.54, 1.807) is 14.2 Å². The average molecular weight is 305 g/mol. The van der Waals surface area contributed by atoms with Gasteiger partial charge < -0.3 is 14.8 Å². The van der Waals surface area contributed by atoms with Crippen LogP contribution in [0.5, 0.6) is 11.5 Å². The highest BCUT2D eigenvalue weighted by Gasteiger charge is 2.19. The van der Waals surface area contributed by atoms with Crippen molar-refractivity contribution in [2.24, 2.45) is 5.92 Å². The molecule has 1 unspecified atom stereocenters. The normalized spacial score (nSPS) is 16.9. The second kappa shape index (κ2) is 8.06. The molecule has 1 aliphatic carbocycles. The summed E-state index contributed by atoms with van der Waals surface area (Å²) in [5.41, 5.74) is 1.02. The summed E-state index contributed by atoms with van der Waals surface area (Å²) in [6, 6.07) is 5.73. The molecule has 1 atom stereocenters. The number of carbonyl (C=O) groups excluding carboxylic acids is 1. The monoisotopic (exact) mass is 305 g/mol. The first-order chi connectivity index (χ1) is 10.6. The second-order valence-corrected chi connectivity index (χ2v) is 6.11. The van der Waals surface area contributed by atoms with Crippen LogP contribution < -0.4 is 14.8 Å². The van der Waals surface area contributed by atoms with Crippen LogP contribution in [-0.2, 0) is 4.79 Å². The van der Waals surface area contributed by atoms with Gasteiger partial charge in [0, 0.05) is 6.42 Å². The van der Waals surface area contributed by atoms with Gasteiger partial charge in [-0.15, -0.1) is 0 Å². The average Bonchev–Trinajstić information content (AvgIpc) is 2.54. The highest BCUT2D eigenvalue weighted by molar-refractivity contribution is 5.76. The Morgan fingerprint density at radius 3 is 2.50 bits per heavy atom. The van der Waals surface area contributed by atoms with Crippen molar-refractivity contribution in [1.29, 1.82) is 0 Å². The molecule has 0 aliphatic heterocycles. The van der Waals surface area contributed by atoms with Crippen molar-refractivity contribution in [1.82, 2.24) is 5.32 Å². The van der Waals surface area contributed by atoms with Crippen molar-refractivity contribution in [3.63, 3.8) is 0 Å². The van der Waals surface area contributed by atoms with Gasteiger partial charge in [0.25, 0.3) is 0 Å². The molecule has 1 amide bonds. The molecule has 1 saturated carbocycles. The van der Waals surface area contributed by atoms with Crippen LogP contribution in [0.1, 0.15) is 57.1 Å². The van der Waals surface area contributed by atoms with E-state index in [2.05, 4.69) is 5.32 Å². The molecule has 1 aromatic rings. The highest BCUT2D eigenvalue weighted by atomic mass is 16.5. The number of rotatable bonds is 6. The van der Waals surface area contributed by atoms with Crippen molar-refractivity contribution in [2.45, 2.75) is 51.5 Å². The molecule has 1 aliphatic rings. The molecule has 1 N–H and O–H groups in total. The molecule has 0 aromatic heterocycles. The van der Waals surface area contributed by atoms with E-state index in [-0.39, 0.29) is 11.9 Å². The lowest BCUT2D eigenvalue weighted by molar-refractivity contribution is -0.122. The van der Waals surface area contributed by atoms with Gasteiger partial charge in [-0.1, -0.05) is 25.3 Å². The molecule has 4 nitrogen and oxygen atoms in total. The van der Waals surface area contributed by atoms with Gasteiger partial charge in [0.2, 0.25) is 5.91 Å². The zero-order valence-electron chi connectivity index (χ0n) is 13.9. The molecule has 0 heterocycles. The van der Waals surface area contributed by atoms with Crippen LogP contribution in [0.3, 0.4) is 0 Å². The smallest absolute Gasteiger partial charge is 0.220 e. The maximum atomic E-state index is 12.2. The number of methoxy groups -OCH3 is 2. The number of amides is 1. The molecule has 1 fully saturated rings. The Kier molecular flexibility index (Phi) is 6.10. The number of hydrogen-bond donors (Lipinski definition) is 1. The Bertz CT molecular complexity index is 495. The fraction of sp³-hybridized carbons (Fsp3) is 0.611. The predicted molar refractivity (Wildman–Crippen MR) is 87.3 cm³/mol. The lowest BCUT2D eigenvalue weighted by Gasteiger charge is -2.22. The molecule has 4 heteroatoms. The van der Waals surface area contributed by atoms with E-state index in [0.29, 0.717) is 23.8 Å². The predicted octanol–water partition coefficient (Wildman–Crippen LogP) is 3.85. The van der Waals surface area contributed by atoms with Gasteiger partial charge in [-0.3, -0.25) is 4.79 Å². The Hall–Kier alpha value is -1.71. The largest absolute Gasteiger partial charge is 0.493 e. The minimum Gasteiger partial charge on any atom is -0.493 e. The van der Waals surface area contributed by atoms with E-state index in [1.807, 2.05) is 25.1 Å². The van der Waals surface area contributed by atoms with Crippen LogP contribution in [0.2, 0.25) is 0 Å². The van der Waals surface area contributed by atoms with Crippen molar-refractivity contribution < 1.29 is 14.3 Å². The lowest BCUT2D eigenvalue weighted by Crippen LogP contribution is -2.28. The zero-order valence-corrected chi connectivity index (χ0v) is 13.9. The van der Waals surface area contributed by atoms with E-state index in [9.17, 15) is 4.79 Å². The van der Waals surface area contributed by atoms with Gasteiger partial charge in [-0.25, -0.2) is 0 Å². The number of carbonyl (C=O) groups is 1. The molecule has 0 saturated heterocycles. The summed E-state index contributed by atoms with van der Waals surface area (Å²) in [5, 5.41) is 3.10. The molecular formula is C18H27NO3. The molecule has 122 valence electrons. The Morgan fingerprint density at radius 2 is 1.86 bits per heavy atom. The Balaban J connectivity index is 1.93. The number of benzene rings is 1. The topological polar surface area (TPSA) is 47.6 Å². The quantitative estimate of drug-likeness (QED) is 0.868. The van der Waals surface area contributed by atoms with E-state index in [1.165, 1.54) is 32.1 Å². The standard InChI is InChI=1S/C18H27NO3/c1-13(15-9-10-16(21-2)17(12-15)22-3)19-18(20)11-14-7-5-4-6-8-14/h9-10,12-14H,4-8,11H2,1-3H3,(H,19,20). The first kappa shape index (κ1) is 16.7. The lowest BCUT2D eigenvalue weighted by atomic mass is 9.87. The molecule has 1 aromatic carbocycles. The number of hydrogen-bond acceptors (Lipinski definition) is 3. The molecular weight excluding hydrogens is 278 g/mol. The summed E-state index contributed by atoms with van der Waals surface area (Å²) in [6.45, 7) is 2.00. The van der Waals surface area contributed by atoms with Gasteiger partial charge in [0.05, 0.1) is 20.3 Å². The highest BCUT2D eigenvalue weighted by Crippen LogP contribution is 2.30. The minimum absolute atomic E-state index is 0.0316. The van der Waals surface area contributed by atoms with Crippen molar-refractivity contribution in [3.8, 4) is 11.5 Å². The van der Waals surface area contributed by atoms with Gasteiger partial charge in [0.1, 0.15) is 0 Å². The van der Waals surface area contributed by atoms with Crippen LogP contribution in [0, 0.1) is 5.92 Å². The van der Waals surface area contributed by atoms with Crippen LogP contribution in [0.15, 0.2) is 18.2 Å². The minimum atomic E-state index is -0.0316. The van der Waals surface area contributed by atoms with E-state index in [0.717, 1.165) is 5.56 Å². The SMILES string of the molecule is COc1ccc(C(C)NC(=O)CC2CCCCC2)cc1OC. The Morgan fingerprint density at radius 1 is 1.18 bits per heavy atom. The molecule has 0 bridgehead atoms. The van der Waals surface area contributed by atoms with Crippen LogP contribution in [-0.4, -0.2) is 20.1 Å². The molecule has 0 spiro atoms. The fourth-order valence-corrected chi connectivity index (χ4v) is 3.16. The van der Waals surface area contributed by atoms with Crippen molar-refractivity contribution in [3.05, 3.63) is 23.8 Å². The van der Waals surface area contributed by atoms with Crippen LogP contribution >= 0.6 is 0 Å². The summed E-state index contributed by atoms with van der Waals surface area (Å²) < 4.78 is 10.6. The van der Waals surface area contributed by atoms with Crippen molar-refractivity contribution in [2.75, 3.05) is 14.2 Å². The Labute approximate surface area is 133 Å². The number of nitrogens with one attached hydrogen (secondary N) is 1. The summed E-state index contributed by atoms with van der Waals surface area (Å²) in [7, 11) is 3.24. The van der Waals surface area contributed by atoms with Gasteiger partial charge in [-0.05, 0) is 43.4 Å². The third kappa shape index (κ3) is 4.39. The molecule has 22 heavy (non-hydrogen) atoms. The maximum absolute atomic E-state index is 12.2. The van der Waals surface area contributed by atoms with Crippen molar-refractivity contribution >= 4 is 5.91 Å². The summed E-state index contributed by atoms with van der Waals surface area (Å²) in [6.07, 6.45) is 6.89. The summed E-state index contributed by atoms with van der Waals surface area (Å²) in [5.74, 6) is 2.10. The third-order valence-electron chi connectivity index (χ3n) is 4.48. The third-order valence-corrected chi connectivity index (χ3v) is 4.48. The maximum Gasteiger partial charge on any atom is 0.220 e. The molecule has 0 radical (unpaired) electrons.